The Balaban J connectivity index is 1.72. The number of nitrogens with one attached hydrogen (secondary N) is 1. The molecule has 0 radical (unpaired) electrons. The first-order valence-corrected chi connectivity index (χ1v) is 8.57. The zero-order valence-electron chi connectivity index (χ0n) is 14.0. The molecular formula is C19H25N3O. The molecule has 1 aromatic heterocycles. The number of amides is 1. The third-order valence-electron chi connectivity index (χ3n) is 4.55. The second kappa shape index (κ2) is 7.09. The third-order valence-corrected chi connectivity index (χ3v) is 4.55. The highest BCUT2D eigenvalue weighted by atomic mass is 16.1. The zero-order chi connectivity index (χ0) is 16.2. The Kier molecular flexibility index (Phi) is 4.91. The average molecular weight is 311 g/mol. The summed E-state index contributed by atoms with van der Waals surface area (Å²) in [6.45, 7) is 7.47. The first kappa shape index (κ1) is 15.9. The van der Waals surface area contributed by atoms with Gasteiger partial charge >= 0.3 is 0 Å². The van der Waals surface area contributed by atoms with Crippen LogP contribution in [0, 0.1) is 6.92 Å². The minimum atomic E-state index is 0.0284. The van der Waals surface area contributed by atoms with Gasteiger partial charge in [0.2, 0.25) is 0 Å². The van der Waals surface area contributed by atoms with E-state index in [1.54, 1.807) is 0 Å². The molecule has 0 spiro atoms. The van der Waals surface area contributed by atoms with Crippen molar-refractivity contribution < 1.29 is 4.79 Å². The van der Waals surface area contributed by atoms with Crippen LogP contribution in [0.2, 0.25) is 0 Å². The molecule has 1 aromatic carbocycles. The molecule has 1 aliphatic rings. The van der Waals surface area contributed by atoms with Gasteiger partial charge < -0.3 is 10.2 Å². The number of carbonyl (C=O) groups excluding carboxylic acids is 1. The molecule has 1 saturated heterocycles. The Bertz CT molecular complexity index is 690. The molecule has 0 saturated carbocycles. The lowest BCUT2D eigenvalue weighted by atomic mass is 10.0. The number of fused-ring (bicyclic) bond motifs is 1. The zero-order valence-corrected chi connectivity index (χ0v) is 14.0. The summed E-state index contributed by atoms with van der Waals surface area (Å²) in [5.41, 5.74) is 2.51. The summed E-state index contributed by atoms with van der Waals surface area (Å²) in [4.78, 5) is 19.7. The molecule has 0 unspecified atom stereocenters. The van der Waals surface area contributed by atoms with Crippen molar-refractivity contribution in [2.24, 2.45) is 0 Å². The van der Waals surface area contributed by atoms with Crippen molar-refractivity contribution in [3.05, 3.63) is 41.6 Å². The van der Waals surface area contributed by atoms with Crippen LogP contribution in [0.1, 0.15) is 42.2 Å². The van der Waals surface area contributed by atoms with Gasteiger partial charge in [-0.05, 0) is 44.9 Å². The summed E-state index contributed by atoms with van der Waals surface area (Å²) < 4.78 is 0. The van der Waals surface area contributed by atoms with E-state index in [-0.39, 0.29) is 11.9 Å². The van der Waals surface area contributed by atoms with Gasteiger partial charge in [-0.15, -0.1) is 0 Å². The van der Waals surface area contributed by atoms with E-state index in [1.165, 1.54) is 6.42 Å². The molecule has 23 heavy (non-hydrogen) atoms. The van der Waals surface area contributed by atoms with Gasteiger partial charge in [0.1, 0.15) is 0 Å². The van der Waals surface area contributed by atoms with E-state index >= 15 is 0 Å². The van der Waals surface area contributed by atoms with Gasteiger partial charge in [0, 0.05) is 30.2 Å². The molecule has 0 aliphatic carbocycles. The maximum absolute atomic E-state index is 12.7. The smallest absolute Gasteiger partial charge is 0.252 e. The quantitative estimate of drug-likeness (QED) is 0.943. The maximum Gasteiger partial charge on any atom is 0.252 e. The molecule has 1 amide bonds. The maximum atomic E-state index is 12.7. The third kappa shape index (κ3) is 3.70. The fourth-order valence-corrected chi connectivity index (χ4v) is 3.38. The molecule has 2 aromatic rings. The number of hydrogen-bond donors (Lipinski definition) is 1. The second-order valence-electron chi connectivity index (χ2n) is 6.42. The summed E-state index contributed by atoms with van der Waals surface area (Å²) in [6.07, 6.45) is 3.26. The number of para-hydroxylation sites is 1. The lowest BCUT2D eigenvalue weighted by molar-refractivity contribution is 0.0912. The number of piperidine rings is 1. The van der Waals surface area contributed by atoms with Crippen LogP contribution in [0.15, 0.2) is 30.3 Å². The standard InChI is InChI=1S/C19H25N3O/c1-3-10-22-11-8-15(9-12-22)21-19(23)17-13-14(2)20-18-7-5-4-6-16(17)18/h4-7,13,15H,3,8-12H2,1-2H3,(H,21,23). The topological polar surface area (TPSA) is 45.2 Å². The largest absolute Gasteiger partial charge is 0.349 e. The summed E-state index contributed by atoms with van der Waals surface area (Å²) in [6, 6.07) is 10.0. The number of likely N-dealkylation sites (tertiary alicyclic amines) is 1. The van der Waals surface area contributed by atoms with Crippen LogP contribution in [0.5, 0.6) is 0 Å². The van der Waals surface area contributed by atoms with Gasteiger partial charge in [0.15, 0.2) is 0 Å². The molecule has 4 nitrogen and oxygen atoms in total. The Hall–Kier alpha value is -1.94. The first-order valence-electron chi connectivity index (χ1n) is 8.57. The molecule has 0 atom stereocenters. The number of aryl methyl sites for hydroxylation is 1. The van der Waals surface area contributed by atoms with Crippen LogP contribution in [0.3, 0.4) is 0 Å². The van der Waals surface area contributed by atoms with E-state index in [1.807, 2.05) is 37.3 Å². The van der Waals surface area contributed by atoms with Gasteiger partial charge in [-0.1, -0.05) is 25.1 Å². The second-order valence-corrected chi connectivity index (χ2v) is 6.42. The van der Waals surface area contributed by atoms with Crippen molar-refractivity contribution in [1.29, 1.82) is 0 Å². The van der Waals surface area contributed by atoms with Gasteiger partial charge in [-0.3, -0.25) is 9.78 Å². The summed E-state index contributed by atoms with van der Waals surface area (Å²) in [5.74, 6) is 0.0284. The average Bonchev–Trinajstić information content (AvgIpc) is 2.56. The highest BCUT2D eigenvalue weighted by Crippen LogP contribution is 2.19. The van der Waals surface area contributed by atoms with Crippen molar-refractivity contribution >= 4 is 16.8 Å². The molecular weight excluding hydrogens is 286 g/mol. The highest BCUT2D eigenvalue weighted by molar-refractivity contribution is 6.06. The number of aromatic nitrogens is 1. The Morgan fingerprint density at radius 3 is 2.78 bits per heavy atom. The molecule has 1 aliphatic heterocycles. The number of pyridine rings is 1. The normalized spacial score (nSPS) is 16.6. The predicted octanol–water partition coefficient (Wildman–Crippen LogP) is 3.15. The van der Waals surface area contributed by atoms with Crippen LogP contribution in [-0.4, -0.2) is 41.5 Å². The van der Waals surface area contributed by atoms with Crippen molar-refractivity contribution in [1.82, 2.24) is 15.2 Å². The van der Waals surface area contributed by atoms with E-state index in [0.29, 0.717) is 0 Å². The van der Waals surface area contributed by atoms with Gasteiger partial charge in [0.05, 0.1) is 11.1 Å². The van der Waals surface area contributed by atoms with Crippen molar-refractivity contribution in [3.63, 3.8) is 0 Å². The van der Waals surface area contributed by atoms with E-state index in [2.05, 4.69) is 22.1 Å². The van der Waals surface area contributed by atoms with Crippen LogP contribution in [0.4, 0.5) is 0 Å². The summed E-state index contributed by atoms with van der Waals surface area (Å²) in [5, 5.41) is 4.15. The van der Waals surface area contributed by atoms with E-state index < -0.39 is 0 Å². The minimum absolute atomic E-state index is 0.0284. The van der Waals surface area contributed by atoms with Crippen LogP contribution in [0.25, 0.3) is 10.9 Å². The van der Waals surface area contributed by atoms with Gasteiger partial charge in [0.25, 0.3) is 5.91 Å². The number of hydrogen-bond acceptors (Lipinski definition) is 3. The van der Waals surface area contributed by atoms with Crippen LogP contribution in [-0.2, 0) is 0 Å². The highest BCUT2D eigenvalue weighted by Gasteiger charge is 2.21. The van der Waals surface area contributed by atoms with Crippen molar-refractivity contribution in [2.75, 3.05) is 19.6 Å². The minimum Gasteiger partial charge on any atom is -0.349 e. The summed E-state index contributed by atoms with van der Waals surface area (Å²) in [7, 11) is 0. The fourth-order valence-electron chi connectivity index (χ4n) is 3.38. The number of rotatable bonds is 4. The molecule has 1 N–H and O–H groups in total. The fraction of sp³-hybridized carbons (Fsp3) is 0.474. The lowest BCUT2D eigenvalue weighted by Crippen LogP contribution is -2.44. The van der Waals surface area contributed by atoms with Crippen molar-refractivity contribution in [2.45, 2.75) is 39.2 Å². The summed E-state index contributed by atoms with van der Waals surface area (Å²) >= 11 is 0. The van der Waals surface area contributed by atoms with E-state index in [4.69, 9.17) is 0 Å². The molecule has 4 heteroatoms. The van der Waals surface area contributed by atoms with Crippen LogP contribution >= 0.6 is 0 Å². The Morgan fingerprint density at radius 2 is 2.04 bits per heavy atom. The molecule has 2 heterocycles. The Morgan fingerprint density at radius 1 is 1.30 bits per heavy atom. The molecule has 122 valence electrons. The SMILES string of the molecule is CCCN1CCC(NC(=O)c2cc(C)nc3ccccc23)CC1. The number of benzene rings is 1. The van der Waals surface area contributed by atoms with Gasteiger partial charge in [-0.2, -0.15) is 0 Å². The number of carbonyl (C=O) groups is 1. The molecule has 3 rings (SSSR count). The first-order chi connectivity index (χ1) is 11.2. The van der Waals surface area contributed by atoms with Crippen LogP contribution < -0.4 is 5.32 Å². The van der Waals surface area contributed by atoms with Gasteiger partial charge in [-0.25, -0.2) is 0 Å². The van der Waals surface area contributed by atoms with Crippen molar-refractivity contribution in [3.8, 4) is 0 Å². The number of nitrogens with zero attached hydrogens (tertiary/aromatic N) is 2. The Labute approximate surface area is 137 Å². The van der Waals surface area contributed by atoms with E-state index in [9.17, 15) is 4.79 Å². The molecule has 0 bridgehead atoms. The van der Waals surface area contributed by atoms with E-state index in [0.717, 1.165) is 54.6 Å². The lowest BCUT2D eigenvalue weighted by Gasteiger charge is -2.32. The predicted molar refractivity (Wildman–Crippen MR) is 93.7 cm³/mol. The monoisotopic (exact) mass is 311 g/mol. The molecule has 1 fully saturated rings.